The van der Waals surface area contributed by atoms with Gasteiger partial charge in [-0.3, -0.25) is 0 Å². The van der Waals surface area contributed by atoms with E-state index < -0.39 is 0 Å². The Bertz CT molecular complexity index is 242. The lowest BCUT2D eigenvalue weighted by atomic mass is 10.2. The van der Waals surface area contributed by atoms with E-state index in [1.54, 1.807) is 0 Å². The lowest BCUT2D eigenvalue weighted by Crippen LogP contribution is -1.98. The molecule has 4 heteroatoms. The molecular formula is C7H9ClFNO. The van der Waals surface area contributed by atoms with E-state index in [4.69, 9.17) is 10.8 Å². The number of phenols is 1. The van der Waals surface area contributed by atoms with Gasteiger partial charge in [0.15, 0.2) is 0 Å². The van der Waals surface area contributed by atoms with Gasteiger partial charge in [-0.1, -0.05) is 0 Å². The van der Waals surface area contributed by atoms with Gasteiger partial charge in [0, 0.05) is 12.1 Å². The fourth-order valence-corrected chi connectivity index (χ4v) is 0.718. The quantitative estimate of drug-likeness (QED) is 0.682. The summed E-state index contributed by atoms with van der Waals surface area (Å²) in [6.07, 6.45) is 0. The van der Waals surface area contributed by atoms with Crippen LogP contribution in [-0.2, 0) is 6.54 Å². The Balaban J connectivity index is 0.000001000. The fraction of sp³-hybridized carbons (Fsp3) is 0.143. The molecular weight excluding hydrogens is 169 g/mol. The van der Waals surface area contributed by atoms with Gasteiger partial charge in [-0.25, -0.2) is 4.39 Å². The van der Waals surface area contributed by atoms with Gasteiger partial charge in [0.05, 0.1) is 0 Å². The van der Waals surface area contributed by atoms with Crippen LogP contribution in [0.4, 0.5) is 4.39 Å². The summed E-state index contributed by atoms with van der Waals surface area (Å²) in [5.41, 5.74) is 5.50. The first kappa shape index (κ1) is 10.2. The van der Waals surface area contributed by atoms with E-state index >= 15 is 0 Å². The number of aromatic hydroxyl groups is 1. The second-order valence-corrected chi connectivity index (χ2v) is 1.98. The Morgan fingerprint density at radius 2 is 2.09 bits per heavy atom. The largest absolute Gasteiger partial charge is 0.508 e. The van der Waals surface area contributed by atoms with Crippen LogP contribution in [-0.4, -0.2) is 5.11 Å². The monoisotopic (exact) mass is 177 g/mol. The molecule has 0 atom stereocenters. The lowest BCUT2D eigenvalue weighted by Gasteiger charge is -1.98. The van der Waals surface area contributed by atoms with Crippen LogP contribution < -0.4 is 5.73 Å². The number of hydrogen-bond donors (Lipinski definition) is 2. The summed E-state index contributed by atoms with van der Waals surface area (Å²) in [6.45, 7) is 0.111. The molecule has 1 rings (SSSR count). The standard InChI is InChI=1S/C7H8FNO.ClH/c8-7-2-1-6(10)3-5(7)4-9;/h1-3,10H,4,9H2;1H. The lowest BCUT2D eigenvalue weighted by molar-refractivity contribution is 0.471. The molecule has 1 aromatic rings. The molecule has 0 bridgehead atoms. The van der Waals surface area contributed by atoms with E-state index in [1.807, 2.05) is 0 Å². The first-order chi connectivity index (χ1) is 4.74. The van der Waals surface area contributed by atoms with Crippen molar-refractivity contribution in [2.45, 2.75) is 6.54 Å². The second-order valence-electron chi connectivity index (χ2n) is 1.98. The highest BCUT2D eigenvalue weighted by Gasteiger charge is 1.98. The van der Waals surface area contributed by atoms with Gasteiger partial charge in [0.25, 0.3) is 0 Å². The van der Waals surface area contributed by atoms with Crippen molar-refractivity contribution in [2.24, 2.45) is 5.73 Å². The highest BCUT2D eigenvalue weighted by Crippen LogP contribution is 2.13. The van der Waals surface area contributed by atoms with Crippen LogP contribution in [0.25, 0.3) is 0 Å². The van der Waals surface area contributed by atoms with Crippen molar-refractivity contribution in [1.82, 2.24) is 0 Å². The third-order valence-corrected chi connectivity index (χ3v) is 1.25. The predicted molar refractivity (Wildman–Crippen MR) is 43.2 cm³/mol. The molecule has 0 aliphatic rings. The van der Waals surface area contributed by atoms with Gasteiger partial charge in [-0.05, 0) is 18.2 Å². The van der Waals surface area contributed by atoms with E-state index in [9.17, 15) is 4.39 Å². The van der Waals surface area contributed by atoms with Gasteiger partial charge in [0.2, 0.25) is 0 Å². The molecule has 0 heterocycles. The third-order valence-electron chi connectivity index (χ3n) is 1.25. The van der Waals surface area contributed by atoms with Crippen LogP contribution in [0.5, 0.6) is 5.75 Å². The molecule has 0 spiro atoms. The van der Waals surface area contributed by atoms with E-state index in [-0.39, 0.29) is 30.5 Å². The number of hydrogen-bond acceptors (Lipinski definition) is 2. The third kappa shape index (κ3) is 2.37. The zero-order valence-electron chi connectivity index (χ0n) is 5.75. The summed E-state index contributed by atoms with van der Waals surface area (Å²) in [5, 5.41) is 8.85. The average Bonchev–Trinajstić information content (AvgIpc) is 1.94. The van der Waals surface area contributed by atoms with Crippen LogP contribution >= 0.6 is 12.4 Å². The van der Waals surface area contributed by atoms with E-state index in [0.29, 0.717) is 5.56 Å². The summed E-state index contributed by atoms with van der Waals surface area (Å²) in [7, 11) is 0. The summed E-state index contributed by atoms with van der Waals surface area (Å²) < 4.78 is 12.6. The topological polar surface area (TPSA) is 46.2 Å². The van der Waals surface area contributed by atoms with Crippen molar-refractivity contribution in [3.8, 4) is 5.75 Å². The molecule has 0 radical (unpaired) electrons. The maximum absolute atomic E-state index is 12.6. The minimum absolute atomic E-state index is 0. The number of halogens is 2. The minimum atomic E-state index is -0.375. The number of benzene rings is 1. The summed E-state index contributed by atoms with van der Waals surface area (Å²) in [4.78, 5) is 0. The van der Waals surface area contributed by atoms with Crippen molar-refractivity contribution < 1.29 is 9.50 Å². The normalized spacial score (nSPS) is 8.91. The van der Waals surface area contributed by atoms with Crippen LogP contribution in [0.2, 0.25) is 0 Å². The van der Waals surface area contributed by atoms with Crippen molar-refractivity contribution in [3.05, 3.63) is 29.6 Å². The molecule has 62 valence electrons. The van der Waals surface area contributed by atoms with Crippen LogP contribution in [0.3, 0.4) is 0 Å². The summed E-state index contributed by atoms with van der Waals surface area (Å²) in [5.74, 6) is -0.331. The minimum Gasteiger partial charge on any atom is -0.508 e. The molecule has 0 aromatic heterocycles. The number of phenolic OH excluding ortho intramolecular Hbond substituents is 1. The molecule has 0 aliphatic carbocycles. The molecule has 0 saturated heterocycles. The van der Waals surface area contributed by atoms with Crippen LogP contribution in [0.1, 0.15) is 5.56 Å². The predicted octanol–water partition coefficient (Wildman–Crippen LogP) is 1.41. The van der Waals surface area contributed by atoms with Crippen molar-refractivity contribution in [2.75, 3.05) is 0 Å². The summed E-state index contributed by atoms with van der Waals surface area (Å²) in [6, 6.07) is 3.79. The van der Waals surface area contributed by atoms with Crippen LogP contribution in [0.15, 0.2) is 18.2 Å². The first-order valence-electron chi connectivity index (χ1n) is 2.91. The van der Waals surface area contributed by atoms with Crippen LogP contribution in [0, 0.1) is 5.82 Å². The van der Waals surface area contributed by atoms with Crippen molar-refractivity contribution >= 4 is 12.4 Å². The Labute approximate surface area is 70.2 Å². The number of rotatable bonds is 1. The Morgan fingerprint density at radius 1 is 1.45 bits per heavy atom. The highest BCUT2D eigenvalue weighted by atomic mass is 35.5. The average molecular weight is 178 g/mol. The molecule has 0 saturated carbocycles. The van der Waals surface area contributed by atoms with E-state index in [2.05, 4.69) is 0 Å². The highest BCUT2D eigenvalue weighted by molar-refractivity contribution is 5.85. The van der Waals surface area contributed by atoms with E-state index in [1.165, 1.54) is 18.2 Å². The molecule has 2 nitrogen and oxygen atoms in total. The zero-order valence-corrected chi connectivity index (χ0v) is 6.57. The maximum Gasteiger partial charge on any atom is 0.127 e. The smallest absolute Gasteiger partial charge is 0.127 e. The molecule has 11 heavy (non-hydrogen) atoms. The number of nitrogens with two attached hydrogens (primary N) is 1. The first-order valence-corrected chi connectivity index (χ1v) is 2.91. The fourth-order valence-electron chi connectivity index (χ4n) is 0.718. The SMILES string of the molecule is Cl.NCc1cc(O)ccc1F. The van der Waals surface area contributed by atoms with Gasteiger partial charge < -0.3 is 10.8 Å². The maximum atomic E-state index is 12.6. The zero-order chi connectivity index (χ0) is 7.56. The Kier molecular flexibility index (Phi) is 3.85. The Morgan fingerprint density at radius 3 is 2.55 bits per heavy atom. The molecule has 0 unspecified atom stereocenters. The molecule has 0 aliphatic heterocycles. The van der Waals surface area contributed by atoms with E-state index in [0.717, 1.165) is 0 Å². The summed E-state index contributed by atoms with van der Waals surface area (Å²) >= 11 is 0. The van der Waals surface area contributed by atoms with Gasteiger partial charge in [-0.15, -0.1) is 12.4 Å². The molecule has 0 fully saturated rings. The second kappa shape index (κ2) is 4.16. The molecule has 1 aromatic carbocycles. The van der Waals surface area contributed by atoms with Crippen molar-refractivity contribution in [1.29, 1.82) is 0 Å². The van der Waals surface area contributed by atoms with Gasteiger partial charge in [0.1, 0.15) is 11.6 Å². The van der Waals surface area contributed by atoms with Gasteiger partial charge >= 0.3 is 0 Å². The van der Waals surface area contributed by atoms with Gasteiger partial charge in [-0.2, -0.15) is 0 Å². The molecule has 3 N–H and O–H groups in total. The molecule has 0 amide bonds. The van der Waals surface area contributed by atoms with Crippen molar-refractivity contribution in [3.63, 3.8) is 0 Å². The Hall–Kier alpha value is -0.800.